The number of aromatic nitrogens is 2. The fourth-order valence-electron chi connectivity index (χ4n) is 5.03. The summed E-state index contributed by atoms with van der Waals surface area (Å²) in [4.78, 5) is 42.5. The maximum atomic E-state index is 16.3. The van der Waals surface area contributed by atoms with Crippen molar-refractivity contribution < 1.29 is 23.5 Å². The molecule has 0 aliphatic carbocycles. The number of aryl methyl sites for hydroxylation is 4. The standard InChI is InChI=1S/C30H31BrF2N4O4/c1-14(2)7-22(37-13-23(31)35-18(6)30(37)41)29(40)36-21(11-24(38)39)26-27(32)17(5)10-20(28(26)33)25-15(3)8-19(12-34)9-16(25)4/h8-10,13-14,21-22H,7,11H2,1-6H3,(H,36,40)(H,38,39)/t21-,22-/m0/s1. The van der Waals surface area contributed by atoms with Gasteiger partial charge in [0.15, 0.2) is 0 Å². The first-order chi connectivity index (χ1) is 19.2. The normalized spacial score (nSPS) is 12.6. The summed E-state index contributed by atoms with van der Waals surface area (Å²) in [5, 5.41) is 21.5. The second-order valence-electron chi connectivity index (χ2n) is 10.5. The number of carboxylic acids is 1. The zero-order valence-corrected chi connectivity index (χ0v) is 25.2. The van der Waals surface area contributed by atoms with Gasteiger partial charge in [0.05, 0.1) is 24.1 Å². The number of nitriles is 1. The van der Waals surface area contributed by atoms with E-state index in [0.717, 1.165) is 0 Å². The fourth-order valence-corrected chi connectivity index (χ4v) is 5.51. The van der Waals surface area contributed by atoms with Gasteiger partial charge in [0, 0.05) is 17.3 Å². The number of carboxylic acid groups (broad SMARTS) is 1. The van der Waals surface area contributed by atoms with Crippen LogP contribution in [0.4, 0.5) is 8.78 Å². The molecule has 0 radical (unpaired) electrons. The number of rotatable bonds is 9. The molecule has 2 N–H and O–H groups in total. The van der Waals surface area contributed by atoms with Gasteiger partial charge in [-0.1, -0.05) is 13.8 Å². The highest BCUT2D eigenvalue weighted by Gasteiger charge is 2.32. The third-order valence-electron chi connectivity index (χ3n) is 6.79. The molecular weight excluding hydrogens is 598 g/mol. The zero-order chi connectivity index (χ0) is 30.8. The van der Waals surface area contributed by atoms with Crippen molar-refractivity contribution >= 4 is 27.8 Å². The summed E-state index contributed by atoms with van der Waals surface area (Å²) in [6.07, 6.45) is 0.738. The molecule has 0 saturated carbocycles. The van der Waals surface area contributed by atoms with Crippen LogP contribution in [0.1, 0.15) is 72.3 Å². The largest absolute Gasteiger partial charge is 0.481 e. The van der Waals surface area contributed by atoms with Crippen LogP contribution < -0.4 is 10.9 Å². The fraction of sp³-hybridized carbons (Fsp3) is 0.367. The molecule has 2 atom stereocenters. The van der Waals surface area contributed by atoms with Crippen molar-refractivity contribution in [3.8, 4) is 17.2 Å². The molecule has 0 fully saturated rings. The average molecular weight is 630 g/mol. The van der Waals surface area contributed by atoms with Crippen LogP contribution in [-0.4, -0.2) is 26.5 Å². The molecule has 0 unspecified atom stereocenters. The van der Waals surface area contributed by atoms with E-state index in [2.05, 4.69) is 26.2 Å². The number of benzene rings is 2. The van der Waals surface area contributed by atoms with Gasteiger partial charge in [-0.05, 0) is 96.4 Å². The van der Waals surface area contributed by atoms with E-state index in [4.69, 9.17) is 0 Å². The first kappa shape index (κ1) is 31.6. The molecule has 0 saturated heterocycles. The Balaban J connectivity index is 2.20. The van der Waals surface area contributed by atoms with E-state index in [1.54, 1.807) is 26.0 Å². The van der Waals surface area contributed by atoms with E-state index in [0.29, 0.717) is 26.9 Å². The lowest BCUT2D eigenvalue weighted by Gasteiger charge is -2.26. The minimum absolute atomic E-state index is 0.0201. The van der Waals surface area contributed by atoms with Crippen LogP contribution in [0.25, 0.3) is 11.1 Å². The monoisotopic (exact) mass is 628 g/mol. The summed E-state index contributed by atoms with van der Waals surface area (Å²) >= 11 is 3.23. The quantitative estimate of drug-likeness (QED) is 0.300. The maximum Gasteiger partial charge on any atom is 0.305 e. The summed E-state index contributed by atoms with van der Waals surface area (Å²) in [5.74, 6) is -4.22. The van der Waals surface area contributed by atoms with Crippen LogP contribution in [0.3, 0.4) is 0 Å². The Kier molecular flexibility index (Phi) is 9.81. The second kappa shape index (κ2) is 12.7. The van der Waals surface area contributed by atoms with E-state index >= 15 is 8.78 Å². The van der Waals surface area contributed by atoms with Gasteiger partial charge in [-0.2, -0.15) is 5.26 Å². The minimum atomic E-state index is -1.59. The Hall–Kier alpha value is -3.91. The highest BCUT2D eigenvalue weighted by molar-refractivity contribution is 9.10. The van der Waals surface area contributed by atoms with Crippen molar-refractivity contribution in [2.45, 2.75) is 66.5 Å². The third kappa shape index (κ3) is 6.88. The van der Waals surface area contributed by atoms with Crippen LogP contribution in [0.5, 0.6) is 0 Å². The molecule has 0 aliphatic rings. The summed E-state index contributed by atoms with van der Waals surface area (Å²) in [5.41, 5.74) is 1.05. The first-order valence-corrected chi connectivity index (χ1v) is 13.7. The minimum Gasteiger partial charge on any atom is -0.481 e. The van der Waals surface area contributed by atoms with E-state index in [9.17, 15) is 24.8 Å². The van der Waals surface area contributed by atoms with Crippen LogP contribution in [0, 0.1) is 56.6 Å². The number of hydrogen-bond donors (Lipinski definition) is 2. The molecule has 8 nitrogen and oxygen atoms in total. The van der Waals surface area contributed by atoms with Gasteiger partial charge >= 0.3 is 5.97 Å². The number of nitrogens with one attached hydrogen (secondary N) is 1. The van der Waals surface area contributed by atoms with Crippen molar-refractivity contribution in [1.29, 1.82) is 5.26 Å². The average Bonchev–Trinajstić information content (AvgIpc) is 2.86. The lowest BCUT2D eigenvalue weighted by Crippen LogP contribution is -2.41. The first-order valence-electron chi connectivity index (χ1n) is 12.9. The molecule has 2 aromatic carbocycles. The van der Waals surface area contributed by atoms with Crippen LogP contribution in [0.2, 0.25) is 0 Å². The SMILES string of the molecule is Cc1cc(-c2c(C)cc(C#N)cc2C)c(F)c([C@H](CC(=O)O)NC(=O)[C@H](CC(C)C)n2cc(Br)nc(C)c2=O)c1F. The van der Waals surface area contributed by atoms with Gasteiger partial charge in [0.2, 0.25) is 5.91 Å². The van der Waals surface area contributed by atoms with Crippen LogP contribution in [0.15, 0.2) is 33.8 Å². The summed E-state index contributed by atoms with van der Waals surface area (Å²) in [7, 11) is 0. The molecule has 11 heteroatoms. The van der Waals surface area contributed by atoms with Crippen LogP contribution >= 0.6 is 15.9 Å². The highest BCUT2D eigenvalue weighted by Crippen LogP contribution is 2.37. The van der Waals surface area contributed by atoms with Crippen molar-refractivity contribution in [1.82, 2.24) is 14.9 Å². The van der Waals surface area contributed by atoms with Gasteiger partial charge in [0.1, 0.15) is 28.0 Å². The Morgan fingerprint density at radius 2 is 1.71 bits per heavy atom. The molecule has 1 heterocycles. The predicted molar refractivity (Wildman–Crippen MR) is 153 cm³/mol. The number of carbonyl (C=O) groups excluding carboxylic acids is 1. The number of aliphatic carboxylic acids is 1. The Morgan fingerprint density at radius 1 is 1.10 bits per heavy atom. The van der Waals surface area contributed by atoms with Crippen LogP contribution in [-0.2, 0) is 9.59 Å². The van der Waals surface area contributed by atoms with Gasteiger partial charge in [-0.25, -0.2) is 13.8 Å². The Bertz CT molecular complexity index is 1610. The number of nitrogens with zero attached hydrogens (tertiary/aromatic N) is 3. The molecule has 1 amide bonds. The zero-order valence-electron chi connectivity index (χ0n) is 23.6. The van der Waals surface area contributed by atoms with E-state index < -0.39 is 53.1 Å². The highest BCUT2D eigenvalue weighted by atomic mass is 79.9. The van der Waals surface area contributed by atoms with Gasteiger partial charge in [0.25, 0.3) is 5.56 Å². The number of hydrogen-bond acceptors (Lipinski definition) is 5. The molecule has 0 spiro atoms. The summed E-state index contributed by atoms with van der Waals surface area (Å²) in [6.45, 7) is 10.00. The number of halogens is 3. The molecule has 3 aromatic rings. The Morgan fingerprint density at radius 3 is 2.24 bits per heavy atom. The molecule has 0 aliphatic heterocycles. The van der Waals surface area contributed by atoms with E-state index in [1.807, 2.05) is 19.9 Å². The van der Waals surface area contributed by atoms with Gasteiger partial charge in [-0.3, -0.25) is 19.0 Å². The molecular formula is C30H31BrF2N4O4. The van der Waals surface area contributed by atoms with E-state index in [1.165, 1.54) is 30.7 Å². The summed E-state index contributed by atoms with van der Waals surface area (Å²) < 4.78 is 33.4. The molecule has 41 heavy (non-hydrogen) atoms. The second-order valence-corrected chi connectivity index (χ2v) is 11.4. The van der Waals surface area contributed by atoms with Crippen molar-refractivity contribution in [3.05, 3.63) is 84.5 Å². The van der Waals surface area contributed by atoms with Gasteiger partial charge in [-0.15, -0.1) is 0 Å². The van der Waals surface area contributed by atoms with Crippen molar-refractivity contribution in [2.75, 3.05) is 0 Å². The molecule has 1 aromatic heterocycles. The van der Waals surface area contributed by atoms with Gasteiger partial charge < -0.3 is 10.4 Å². The molecule has 216 valence electrons. The summed E-state index contributed by atoms with van der Waals surface area (Å²) in [6, 6.07) is 3.85. The predicted octanol–water partition coefficient (Wildman–Crippen LogP) is 5.98. The lowest BCUT2D eigenvalue weighted by molar-refractivity contribution is -0.138. The number of amides is 1. The third-order valence-corrected chi connectivity index (χ3v) is 7.17. The maximum absolute atomic E-state index is 16.3. The van der Waals surface area contributed by atoms with E-state index in [-0.39, 0.29) is 29.2 Å². The Labute approximate surface area is 245 Å². The smallest absolute Gasteiger partial charge is 0.305 e. The van der Waals surface area contributed by atoms with Crippen molar-refractivity contribution in [3.63, 3.8) is 0 Å². The molecule has 0 bridgehead atoms. The number of carbonyl (C=O) groups is 2. The lowest BCUT2D eigenvalue weighted by atomic mass is 9.88. The van der Waals surface area contributed by atoms with Crippen molar-refractivity contribution in [2.24, 2.45) is 5.92 Å². The topological polar surface area (TPSA) is 125 Å². The molecule has 3 rings (SSSR count).